The smallest absolute Gasteiger partial charge is 0.224 e. The van der Waals surface area contributed by atoms with Gasteiger partial charge in [0.2, 0.25) is 5.91 Å². The quantitative estimate of drug-likeness (QED) is 0.513. The van der Waals surface area contributed by atoms with Crippen molar-refractivity contribution < 1.29 is 4.79 Å². The van der Waals surface area contributed by atoms with Crippen LogP contribution in [0.5, 0.6) is 0 Å². The van der Waals surface area contributed by atoms with Crippen LogP contribution in [0.1, 0.15) is 17.5 Å². The zero-order valence-corrected chi connectivity index (χ0v) is 15.4. The maximum atomic E-state index is 12.3. The van der Waals surface area contributed by atoms with Crippen molar-refractivity contribution in [2.75, 3.05) is 5.32 Å². The average Bonchev–Trinajstić information content (AvgIpc) is 3.29. The summed E-state index contributed by atoms with van der Waals surface area (Å²) >= 11 is 6.18. The van der Waals surface area contributed by atoms with E-state index in [0.29, 0.717) is 30.1 Å². The Bertz CT molecular complexity index is 1080. The molecule has 5 nitrogen and oxygen atoms in total. The molecule has 1 amide bonds. The van der Waals surface area contributed by atoms with Crippen LogP contribution in [0, 0.1) is 0 Å². The van der Waals surface area contributed by atoms with E-state index in [1.54, 1.807) is 10.9 Å². The largest absolute Gasteiger partial charge is 0.361 e. The third-order valence-corrected chi connectivity index (χ3v) is 4.87. The minimum absolute atomic E-state index is 0.0300. The lowest BCUT2D eigenvalue weighted by atomic mass is 10.1. The Morgan fingerprint density at radius 2 is 1.93 bits per heavy atom. The number of aromatic amines is 1. The number of aryl methyl sites for hydroxylation is 1. The number of H-pyrrole nitrogens is 1. The van der Waals surface area contributed by atoms with Crippen molar-refractivity contribution in [1.29, 1.82) is 0 Å². The summed E-state index contributed by atoms with van der Waals surface area (Å²) < 4.78 is 1.76. The predicted octanol–water partition coefficient (Wildman–Crippen LogP) is 4.64. The number of para-hydroxylation sites is 1. The lowest BCUT2D eigenvalue weighted by molar-refractivity contribution is -0.116. The fraction of sp³-hybridized carbons (Fsp3) is 0.143. The highest BCUT2D eigenvalue weighted by atomic mass is 35.5. The number of hydrogen-bond donors (Lipinski definition) is 2. The molecule has 0 bridgehead atoms. The first-order valence-electron chi connectivity index (χ1n) is 8.80. The Labute approximate surface area is 162 Å². The molecule has 0 aliphatic carbocycles. The van der Waals surface area contributed by atoms with Gasteiger partial charge in [-0.25, -0.2) is 0 Å². The third kappa shape index (κ3) is 4.04. The molecular formula is C21H19ClN4O. The second kappa shape index (κ2) is 7.68. The van der Waals surface area contributed by atoms with Crippen LogP contribution in [0.4, 0.5) is 5.69 Å². The molecule has 136 valence electrons. The van der Waals surface area contributed by atoms with Crippen LogP contribution in [0.3, 0.4) is 0 Å². The Kier molecular flexibility index (Phi) is 4.94. The van der Waals surface area contributed by atoms with E-state index in [0.717, 1.165) is 22.0 Å². The van der Waals surface area contributed by atoms with Gasteiger partial charge in [-0.3, -0.25) is 9.48 Å². The molecule has 0 atom stereocenters. The molecule has 0 saturated carbocycles. The molecule has 27 heavy (non-hydrogen) atoms. The van der Waals surface area contributed by atoms with Gasteiger partial charge in [0, 0.05) is 34.7 Å². The number of nitrogens with one attached hydrogen (secondary N) is 2. The van der Waals surface area contributed by atoms with Gasteiger partial charge in [-0.1, -0.05) is 48.0 Å². The maximum Gasteiger partial charge on any atom is 0.224 e. The average molecular weight is 379 g/mol. The van der Waals surface area contributed by atoms with Gasteiger partial charge in [-0.05, 0) is 29.7 Å². The standard InChI is InChI=1S/C21H19ClN4O/c22-19-7-3-1-5-16(19)13-26-14-17(12-24-26)25-21(27)10-9-15-11-23-20-8-4-2-6-18(15)20/h1-8,11-12,14,23H,9-10,13H2,(H,25,27). The number of fused-ring (bicyclic) bond motifs is 1. The summed E-state index contributed by atoms with van der Waals surface area (Å²) in [5.41, 5.74) is 3.91. The first-order valence-corrected chi connectivity index (χ1v) is 9.17. The topological polar surface area (TPSA) is 62.7 Å². The summed E-state index contributed by atoms with van der Waals surface area (Å²) in [6, 6.07) is 15.8. The number of carbonyl (C=O) groups is 1. The summed E-state index contributed by atoms with van der Waals surface area (Å²) in [6.45, 7) is 0.560. The fourth-order valence-electron chi connectivity index (χ4n) is 3.13. The third-order valence-electron chi connectivity index (χ3n) is 4.50. The second-order valence-corrected chi connectivity index (χ2v) is 6.83. The van der Waals surface area contributed by atoms with Gasteiger partial charge in [0.05, 0.1) is 18.4 Å². The number of nitrogens with zero attached hydrogens (tertiary/aromatic N) is 2. The van der Waals surface area contributed by atoms with Crippen molar-refractivity contribution in [3.05, 3.63) is 83.3 Å². The monoisotopic (exact) mass is 378 g/mol. The number of hydrogen-bond acceptors (Lipinski definition) is 2. The number of amides is 1. The Hall–Kier alpha value is -3.05. The van der Waals surface area contributed by atoms with Gasteiger partial charge in [0.25, 0.3) is 0 Å². The van der Waals surface area contributed by atoms with Gasteiger partial charge in [0.1, 0.15) is 0 Å². The zero-order valence-electron chi connectivity index (χ0n) is 14.7. The van der Waals surface area contributed by atoms with E-state index >= 15 is 0 Å². The zero-order chi connectivity index (χ0) is 18.6. The van der Waals surface area contributed by atoms with E-state index in [1.807, 2.05) is 54.9 Å². The van der Waals surface area contributed by atoms with Crippen LogP contribution in [-0.2, 0) is 17.8 Å². The summed E-state index contributed by atoms with van der Waals surface area (Å²) in [6.07, 6.45) is 6.54. The number of aromatic nitrogens is 3. The van der Waals surface area contributed by atoms with Crippen molar-refractivity contribution >= 4 is 34.1 Å². The molecule has 0 spiro atoms. The van der Waals surface area contributed by atoms with E-state index in [2.05, 4.69) is 21.5 Å². The molecule has 6 heteroatoms. The first-order chi connectivity index (χ1) is 13.2. The molecule has 2 N–H and O–H groups in total. The van der Waals surface area contributed by atoms with Crippen molar-refractivity contribution in [1.82, 2.24) is 14.8 Å². The van der Waals surface area contributed by atoms with Crippen LogP contribution in [0.15, 0.2) is 67.1 Å². The summed E-state index contributed by atoms with van der Waals surface area (Å²) in [5.74, 6) is -0.0300. The SMILES string of the molecule is O=C(CCc1c[nH]c2ccccc12)Nc1cnn(Cc2ccccc2Cl)c1. The molecule has 2 heterocycles. The molecule has 0 aliphatic heterocycles. The molecule has 0 radical (unpaired) electrons. The van der Waals surface area contributed by atoms with Crippen molar-refractivity contribution in [2.45, 2.75) is 19.4 Å². The highest BCUT2D eigenvalue weighted by Gasteiger charge is 2.09. The van der Waals surface area contributed by atoms with E-state index in [-0.39, 0.29) is 5.91 Å². The lowest BCUT2D eigenvalue weighted by Gasteiger charge is -2.04. The molecular weight excluding hydrogens is 360 g/mol. The Morgan fingerprint density at radius 1 is 1.11 bits per heavy atom. The lowest BCUT2D eigenvalue weighted by Crippen LogP contribution is -2.11. The van der Waals surface area contributed by atoms with E-state index in [4.69, 9.17) is 11.6 Å². The maximum absolute atomic E-state index is 12.3. The molecule has 0 saturated heterocycles. The van der Waals surface area contributed by atoms with Crippen LogP contribution in [0.25, 0.3) is 10.9 Å². The van der Waals surface area contributed by atoms with Crippen LogP contribution >= 0.6 is 11.6 Å². The van der Waals surface area contributed by atoms with Crippen molar-refractivity contribution in [3.63, 3.8) is 0 Å². The van der Waals surface area contributed by atoms with Crippen LogP contribution in [-0.4, -0.2) is 20.7 Å². The summed E-state index contributed by atoms with van der Waals surface area (Å²) in [5, 5.41) is 9.07. The number of carbonyl (C=O) groups excluding carboxylic acids is 1. The van der Waals surface area contributed by atoms with Gasteiger partial charge in [-0.2, -0.15) is 5.10 Å². The number of rotatable bonds is 6. The first kappa shape index (κ1) is 17.4. The van der Waals surface area contributed by atoms with Crippen LogP contribution in [0.2, 0.25) is 5.02 Å². The molecule has 0 unspecified atom stereocenters. The normalized spacial score (nSPS) is 11.0. The fourth-order valence-corrected chi connectivity index (χ4v) is 3.32. The Morgan fingerprint density at radius 3 is 2.81 bits per heavy atom. The predicted molar refractivity (Wildman–Crippen MR) is 108 cm³/mol. The van der Waals surface area contributed by atoms with E-state index < -0.39 is 0 Å². The van der Waals surface area contributed by atoms with Crippen LogP contribution < -0.4 is 5.32 Å². The molecule has 0 fully saturated rings. The van der Waals surface area contributed by atoms with E-state index in [9.17, 15) is 4.79 Å². The van der Waals surface area contributed by atoms with Crippen molar-refractivity contribution in [3.8, 4) is 0 Å². The number of anilines is 1. The molecule has 4 rings (SSSR count). The molecule has 0 aliphatic rings. The second-order valence-electron chi connectivity index (χ2n) is 6.43. The number of halogens is 1. The highest BCUT2D eigenvalue weighted by molar-refractivity contribution is 6.31. The minimum Gasteiger partial charge on any atom is -0.361 e. The molecule has 4 aromatic rings. The number of benzene rings is 2. The molecule has 2 aromatic carbocycles. The van der Waals surface area contributed by atoms with E-state index in [1.165, 1.54) is 0 Å². The Balaban J connectivity index is 1.35. The van der Waals surface area contributed by atoms with Crippen molar-refractivity contribution in [2.24, 2.45) is 0 Å². The summed E-state index contributed by atoms with van der Waals surface area (Å²) in [7, 11) is 0. The highest BCUT2D eigenvalue weighted by Crippen LogP contribution is 2.20. The van der Waals surface area contributed by atoms with Gasteiger partial charge < -0.3 is 10.3 Å². The van der Waals surface area contributed by atoms with Gasteiger partial charge in [-0.15, -0.1) is 0 Å². The van der Waals surface area contributed by atoms with Gasteiger partial charge >= 0.3 is 0 Å². The minimum atomic E-state index is -0.0300. The molecule has 2 aromatic heterocycles. The van der Waals surface area contributed by atoms with Gasteiger partial charge in [0.15, 0.2) is 0 Å². The summed E-state index contributed by atoms with van der Waals surface area (Å²) in [4.78, 5) is 15.5.